The Balaban J connectivity index is 0.000000296. The lowest BCUT2D eigenvalue weighted by molar-refractivity contribution is -0.385. The number of hydrogen-bond acceptors (Lipinski definition) is 23. The second-order valence-electron chi connectivity index (χ2n) is 12.9. The van der Waals surface area contributed by atoms with Crippen LogP contribution in [0.4, 0.5) is 45.5 Å². The van der Waals surface area contributed by atoms with Crippen molar-refractivity contribution in [3.63, 3.8) is 0 Å². The van der Waals surface area contributed by atoms with E-state index in [1.54, 1.807) is 0 Å². The smallest absolute Gasteiger partial charge is 0.297 e. The van der Waals surface area contributed by atoms with E-state index >= 15 is 0 Å². The number of nitrogens with zero attached hydrogens (tertiary/aromatic N) is 5. The third-order valence-electron chi connectivity index (χ3n) is 8.17. The number of phenolic OH excluding ortho intramolecular Hbond substituents is 2. The Kier molecular flexibility index (Phi) is 16.1. The van der Waals surface area contributed by atoms with Gasteiger partial charge in [0, 0.05) is 36.9 Å². The predicted molar refractivity (Wildman–Crippen MR) is 229 cm³/mol. The number of carbonyl (C=O) groups excluding carboxylic acids is 1. The van der Waals surface area contributed by atoms with Gasteiger partial charge in [-0.3, -0.25) is 33.1 Å². The lowest BCUT2D eigenvalue weighted by atomic mass is 10.1. The number of rotatable bonds is 16. The van der Waals surface area contributed by atoms with Gasteiger partial charge in [-0.1, -0.05) is 0 Å². The summed E-state index contributed by atoms with van der Waals surface area (Å²) >= 11 is 0. The van der Waals surface area contributed by atoms with E-state index in [2.05, 4.69) is 25.8 Å². The first-order valence-electron chi connectivity index (χ1n) is 17.6. The molecule has 1 amide bonds. The number of nitro groups is 1. The zero-order valence-corrected chi connectivity index (χ0v) is 36.8. The van der Waals surface area contributed by atoms with Crippen LogP contribution in [0.25, 0.3) is 10.8 Å². The summed E-state index contributed by atoms with van der Waals surface area (Å²) in [5.74, 6) is -2.51. The molecule has 0 aliphatic heterocycles. The standard InChI is InChI=1S/C18H22N4O8S.C16H12N4O13S3/c1-11(25)20-12-2-3-14(18(8-12)31(26,27)28)21-22-15-10-16(29-6-4-23)13(19)9-17(15)30-7-5-24;17-13-10(35(28,29)30)3-6-4-11(36(31,32)33)14(16(22)12(6)15(13)21)19-18-8-2-1-7(20(23)24)5-9(8)34(25,26)27/h2-3,8-10,23-24H,4-7,19H2,1H3,(H,20,25)(H,26,27,28);1-5,21-22H,17H2,(H,25,26,27)(H,28,29,30)(H,31,32,33). The Hall–Kier alpha value is -7.21. The van der Waals surface area contributed by atoms with Crippen LogP contribution in [0.15, 0.2) is 101 Å². The third-order valence-corrected chi connectivity index (χ3v) is 11.7. The van der Waals surface area contributed by atoms with E-state index in [-0.39, 0.29) is 60.7 Å². The molecule has 5 aromatic carbocycles. The number of carbonyl (C=O) groups is 1. The number of aliphatic hydroxyl groups excluding tert-OH is 2. The van der Waals surface area contributed by atoms with Gasteiger partial charge in [0.25, 0.3) is 46.2 Å². The minimum absolute atomic E-state index is 0.0326. The largest absolute Gasteiger partial charge is 0.505 e. The number of nitrogen functional groups attached to an aromatic ring is 2. The molecule has 0 radical (unpaired) electrons. The van der Waals surface area contributed by atoms with E-state index in [9.17, 15) is 77.0 Å². The van der Waals surface area contributed by atoms with Crippen LogP contribution in [0.5, 0.6) is 23.0 Å². The van der Waals surface area contributed by atoms with Gasteiger partial charge in [0.2, 0.25) is 5.91 Å². The summed E-state index contributed by atoms with van der Waals surface area (Å²) in [6.07, 6.45) is 0. The van der Waals surface area contributed by atoms with Gasteiger partial charge in [0.05, 0.1) is 34.9 Å². The van der Waals surface area contributed by atoms with Gasteiger partial charge in [-0.15, -0.1) is 20.5 Å². The van der Waals surface area contributed by atoms with Crippen molar-refractivity contribution in [2.45, 2.75) is 26.5 Å². The highest BCUT2D eigenvalue weighted by atomic mass is 32.2. The number of hydrogen-bond donors (Lipinski definition) is 11. The van der Waals surface area contributed by atoms with Crippen molar-refractivity contribution < 1.29 is 91.5 Å². The molecule has 0 saturated carbocycles. The van der Waals surface area contributed by atoms with Gasteiger partial charge in [0.1, 0.15) is 67.0 Å². The Labute approximate surface area is 376 Å². The van der Waals surface area contributed by atoms with Gasteiger partial charge < -0.3 is 46.7 Å². The van der Waals surface area contributed by atoms with Gasteiger partial charge >= 0.3 is 0 Å². The molecular weight excluding hydrogens is 985 g/mol. The van der Waals surface area contributed by atoms with Crippen molar-refractivity contribution in [3.05, 3.63) is 70.8 Å². The minimum Gasteiger partial charge on any atom is -0.505 e. The molecule has 33 heteroatoms. The highest BCUT2D eigenvalue weighted by Crippen LogP contribution is 2.48. The van der Waals surface area contributed by atoms with Crippen LogP contribution in [0.1, 0.15) is 6.92 Å². The van der Waals surface area contributed by atoms with Crippen LogP contribution in [0.3, 0.4) is 0 Å². The lowest BCUT2D eigenvalue weighted by Gasteiger charge is -2.13. The quantitative estimate of drug-likeness (QED) is 0.0168. The third kappa shape index (κ3) is 13.0. The topological polar surface area (TPSA) is 491 Å². The van der Waals surface area contributed by atoms with Crippen LogP contribution in [-0.4, -0.2) is 110 Å². The first kappa shape index (κ1) is 52.4. The summed E-state index contributed by atoms with van der Waals surface area (Å²) in [5, 5.41) is 65.4. The van der Waals surface area contributed by atoms with Crippen LogP contribution in [-0.2, 0) is 45.3 Å². The SMILES string of the molecule is CC(=O)Nc1ccc(N=Nc2cc(OCCO)c(N)cc2OCCO)c(S(=O)(=O)O)c1.Nc1c(S(=O)(=O)O)cc2cc(S(=O)(=O)O)c(N=Nc3ccc([N+](=O)[O-])cc3S(=O)(=O)O)c(O)c2c1O. The summed E-state index contributed by atoms with van der Waals surface area (Å²) in [4.78, 5) is 17.1. The predicted octanol–water partition coefficient (Wildman–Crippen LogP) is 3.53. The Morgan fingerprint density at radius 1 is 0.657 bits per heavy atom. The number of phenols is 2. The fourth-order valence-corrected chi connectivity index (χ4v) is 7.99. The van der Waals surface area contributed by atoms with Crippen LogP contribution >= 0.6 is 0 Å². The molecule has 0 heterocycles. The molecular formula is C34H34N8O21S4. The molecule has 0 aliphatic carbocycles. The molecule has 0 fully saturated rings. The summed E-state index contributed by atoms with van der Waals surface area (Å²) in [7, 11) is -20.1. The number of ether oxygens (including phenoxy) is 2. The number of anilines is 3. The minimum atomic E-state index is -5.28. The number of non-ortho nitro benzene ring substituents is 1. The number of aromatic hydroxyl groups is 2. The Morgan fingerprint density at radius 3 is 1.67 bits per heavy atom. The molecule has 5 rings (SSSR count). The maximum atomic E-state index is 11.9. The van der Waals surface area contributed by atoms with Crippen LogP contribution < -0.4 is 26.3 Å². The summed E-state index contributed by atoms with van der Waals surface area (Å²) in [6.45, 7) is 0.607. The van der Waals surface area contributed by atoms with E-state index in [1.165, 1.54) is 31.2 Å². The monoisotopic (exact) mass is 1020 g/mol. The zero-order chi connectivity index (χ0) is 50.4. The van der Waals surface area contributed by atoms with E-state index in [0.29, 0.717) is 24.3 Å². The molecule has 0 saturated heterocycles. The summed E-state index contributed by atoms with van der Waals surface area (Å²) < 4.78 is 142. The highest BCUT2D eigenvalue weighted by molar-refractivity contribution is 7.86. The molecule has 0 aromatic heterocycles. The number of azo groups is 2. The first-order chi connectivity index (χ1) is 31.0. The van der Waals surface area contributed by atoms with Crippen LogP contribution in [0, 0.1) is 10.1 Å². The average molecular weight is 1020 g/mol. The number of nitrogens with two attached hydrogens (primary N) is 2. The number of nitro benzene ring substituents is 1. The van der Waals surface area contributed by atoms with Crippen molar-refractivity contribution in [2.24, 2.45) is 20.5 Å². The molecule has 5 aromatic rings. The molecule has 0 atom stereocenters. The number of amides is 1. The number of nitrogens with one attached hydrogen (secondary N) is 1. The molecule has 29 nitrogen and oxygen atoms in total. The van der Waals surface area contributed by atoms with Gasteiger partial charge in [-0.05, 0) is 41.8 Å². The number of aliphatic hydroxyl groups is 2. The normalized spacial score (nSPS) is 12.2. The fourth-order valence-electron chi connectivity index (χ4n) is 5.39. The summed E-state index contributed by atoms with van der Waals surface area (Å²) in [6, 6.07) is 9.37. The Bertz CT molecular complexity index is 3310. The molecule has 67 heavy (non-hydrogen) atoms. The molecule has 0 aliphatic rings. The van der Waals surface area contributed by atoms with E-state index in [0.717, 1.165) is 12.1 Å². The van der Waals surface area contributed by atoms with Crippen molar-refractivity contribution in [2.75, 3.05) is 43.2 Å². The highest BCUT2D eigenvalue weighted by Gasteiger charge is 2.28. The number of benzene rings is 5. The molecule has 360 valence electrons. The van der Waals surface area contributed by atoms with E-state index < -0.39 is 116 Å². The molecule has 0 bridgehead atoms. The van der Waals surface area contributed by atoms with E-state index in [1.807, 2.05) is 0 Å². The maximum Gasteiger partial charge on any atom is 0.297 e. The van der Waals surface area contributed by atoms with E-state index in [4.69, 9.17) is 31.2 Å². The second kappa shape index (κ2) is 20.5. The maximum absolute atomic E-state index is 11.9. The van der Waals surface area contributed by atoms with Gasteiger partial charge in [-0.25, -0.2) is 0 Å². The summed E-state index contributed by atoms with van der Waals surface area (Å²) in [5.41, 5.74) is 7.94. The van der Waals surface area contributed by atoms with Gasteiger partial charge in [-0.2, -0.15) is 33.7 Å². The molecule has 0 spiro atoms. The number of fused-ring (bicyclic) bond motifs is 1. The molecule has 13 N–H and O–H groups in total. The van der Waals surface area contributed by atoms with Crippen molar-refractivity contribution in [1.82, 2.24) is 0 Å². The van der Waals surface area contributed by atoms with Crippen molar-refractivity contribution in [3.8, 4) is 23.0 Å². The first-order valence-corrected chi connectivity index (χ1v) is 23.4. The van der Waals surface area contributed by atoms with Crippen molar-refractivity contribution >= 4 is 103 Å². The lowest BCUT2D eigenvalue weighted by Crippen LogP contribution is -2.07. The van der Waals surface area contributed by atoms with Crippen molar-refractivity contribution in [1.29, 1.82) is 0 Å². The fraction of sp³-hybridized carbons (Fsp3) is 0.147. The second-order valence-corrected chi connectivity index (χ2v) is 18.4. The average Bonchev–Trinajstić information content (AvgIpc) is 3.21. The van der Waals surface area contributed by atoms with Crippen LogP contribution in [0.2, 0.25) is 0 Å². The zero-order valence-electron chi connectivity index (χ0n) is 33.5. The molecule has 0 unspecified atom stereocenters. The van der Waals surface area contributed by atoms with Gasteiger partial charge in [0.15, 0.2) is 11.5 Å². The Morgan fingerprint density at radius 2 is 1.15 bits per heavy atom.